The van der Waals surface area contributed by atoms with Gasteiger partial charge in [-0.2, -0.15) is 0 Å². The van der Waals surface area contributed by atoms with Crippen LogP contribution < -0.4 is 14.2 Å². The van der Waals surface area contributed by atoms with Crippen molar-refractivity contribution in [3.63, 3.8) is 0 Å². The number of esters is 1. The standard InChI is InChI=1S/C22H22O5/c1-25-19-11-9-17(15-6-8-16-14(12-15)7-10-18(16)23)20(21(19)26-2)27-22(24)13-4-3-5-13/h6,8-9,11-13H,3-5,7,10H2,1-2H3. The first-order chi connectivity index (χ1) is 13.1. The molecule has 27 heavy (non-hydrogen) atoms. The number of ketones is 1. The molecule has 2 aliphatic rings. The summed E-state index contributed by atoms with van der Waals surface area (Å²) in [5.41, 5.74) is 3.46. The highest BCUT2D eigenvalue weighted by Crippen LogP contribution is 2.46. The Kier molecular flexibility index (Phi) is 4.60. The average molecular weight is 366 g/mol. The summed E-state index contributed by atoms with van der Waals surface area (Å²) < 4.78 is 16.7. The van der Waals surface area contributed by atoms with E-state index in [1.165, 1.54) is 7.11 Å². The van der Waals surface area contributed by atoms with Gasteiger partial charge in [0.05, 0.1) is 20.1 Å². The van der Waals surface area contributed by atoms with Gasteiger partial charge in [0.1, 0.15) is 0 Å². The van der Waals surface area contributed by atoms with Crippen molar-refractivity contribution in [2.45, 2.75) is 32.1 Å². The highest BCUT2D eigenvalue weighted by atomic mass is 16.6. The summed E-state index contributed by atoms with van der Waals surface area (Å²) in [7, 11) is 3.08. The van der Waals surface area contributed by atoms with E-state index in [0.29, 0.717) is 23.7 Å². The van der Waals surface area contributed by atoms with Crippen molar-refractivity contribution in [2.24, 2.45) is 5.92 Å². The summed E-state index contributed by atoms with van der Waals surface area (Å²) in [5.74, 6) is 1.18. The van der Waals surface area contributed by atoms with E-state index in [4.69, 9.17) is 14.2 Å². The Morgan fingerprint density at radius 3 is 2.41 bits per heavy atom. The second-order valence-corrected chi connectivity index (χ2v) is 7.02. The number of carbonyl (C=O) groups is 2. The molecule has 5 heteroatoms. The molecule has 1 fully saturated rings. The molecule has 0 heterocycles. The third-order valence-corrected chi connectivity index (χ3v) is 5.48. The lowest BCUT2D eigenvalue weighted by atomic mass is 9.85. The first kappa shape index (κ1) is 17.6. The molecule has 0 saturated heterocycles. The quantitative estimate of drug-likeness (QED) is 0.586. The van der Waals surface area contributed by atoms with Crippen molar-refractivity contribution in [1.29, 1.82) is 0 Å². The van der Waals surface area contributed by atoms with Gasteiger partial charge in [-0.15, -0.1) is 0 Å². The van der Waals surface area contributed by atoms with Crippen molar-refractivity contribution in [3.8, 4) is 28.4 Å². The molecule has 5 nitrogen and oxygen atoms in total. The Morgan fingerprint density at radius 2 is 1.74 bits per heavy atom. The van der Waals surface area contributed by atoms with Crippen LogP contribution in [0.1, 0.15) is 41.6 Å². The Hall–Kier alpha value is -2.82. The highest BCUT2D eigenvalue weighted by molar-refractivity contribution is 6.01. The molecule has 0 radical (unpaired) electrons. The minimum Gasteiger partial charge on any atom is -0.493 e. The first-order valence-corrected chi connectivity index (χ1v) is 9.25. The molecule has 0 amide bonds. The van der Waals surface area contributed by atoms with Gasteiger partial charge in [-0.1, -0.05) is 24.6 Å². The number of hydrogen-bond donors (Lipinski definition) is 0. The predicted molar refractivity (Wildman–Crippen MR) is 101 cm³/mol. The number of methoxy groups -OCH3 is 2. The number of rotatable bonds is 5. The van der Waals surface area contributed by atoms with E-state index in [2.05, 4.69) is 0 Å². The molecule has 2 aromatic rings. The van der Waals surface area contributed by atoms with Crippen molar-refractivity contribution < 1.29 is 23.8 Å². The van der Waals surface area contributed by atoms with Gasteiger partial charge >= 0.3 is 5.97 Å². The smallest absolute Gasteiger partial charge is 0.314 e. The van der Waals surface area contributed by atoms with Gasteiger partial charge in [0.25, 0.3) is 0 Å². The summed E-state index contributed by atoms with van der Waals surface area (Å²) in [5, 5.41) is 0. The molecule has 140 valence electrons. The summed E-state index contributed by atoms with van der Waals surface area (Å²) in [6.45, 7) is 0. The zero-order chi connectivity index (χ0) is 19.0. The fraction of sp³-hybridized carbons (Fsp3) is 0.364. The Bertz CT molecular complexity index is 911. The number of aryl methyl sites for hydroxylation is 1. The molecule has 0 bridgehead atoms. The SMILES string of the molecule is COc1ccc(-c2ccc3c(c2)CCC3=O)c(OC(=O)C2CCC2)c1OC. The second-order valence-electron chi connectivity index (χ2n) is 7.02. The zero-order valence-electron chi connectivity index (χ0n) is 15.5. The maximum absolute atomic E-state index is 12.5. The fourth-order valence-corrected chi connectivity index (χ4v) is 3.68. The number of carbonyl (C=O) groups excluding carboxylic acids is 2. The van der Waals surface area contributed by atoms with Gasteiger partial charge in [-0.3, -0.25) is 9.59 Å². The van der Waals surface area contributed by atoms with Gasteiger partial charge in [0.2, 0.25) is 5.75 Å². The minimum atomic E-state index is -0.231. The summed E-state index contributed by atoms with van der Waals surface area (Å²) in [4.78, 5) is 24.4. The van der Waals surface area contributed by atoms with E-state index in [1.54, 1.807) is 13.2 Å². The predicted octanol–water partition coefficient (Wildman–Crippen LogP) is 4.21. The van der Waals surface area contributed by atoms with Crippen LogP contribution in [-0.4, -0.2) is 26.0 Å². The zero-order valence-corrected chi connectivity index (χ0v) is 15.5. The lowest BCUT2D eigenvalue weighted by Crippen LogP contribution is -2.26. The molecule has 0 unspecified atom stereocenters. The van der Waals surface area contributed by atoms with Gasteiger partial charge < -0.3 is 14.2 Å². The minimum absolute atomic E-state index is 0.0496. The summed E-state index contributed by atoms with van der Waals surface area (Å²) in [6.07, 6.45) is 4.07. The van der Waals surface area contributed by atoms with E-state index in [0.717, 1.165) is 47.9 Å². The molecule has 2 aromatic carbocycles. The average Bonchev–Trinajstić information content (AvgIpc) is 3.00. The monoisotopic (exact) mass is 366 g/mol. The second kappa shape index (κ2) is 7.06. The van der Waals surface area contributed by atoms with Crippen LogP contribution in [0, 0.1) is 5.92 Å². The number of fused-ring (bicyclic) bond motifs is 1. The molecule has 0 atom stereocenters. The number of Topliss-reactive ketones (excluding diaryl/α,β-unsaturated/α-hetero) is 1. The van der Waals surface area contributed by atoms with Crippen molar-refractivity contribution in [2.75, 3.05) is 14.2 Å². The highest BCUT2D eigenvalue weighted by Gasteiger charge is 2.30. The molecule has 0 aromatic heterocycles. The van der Waals surface area contributed by atoms with Gasteiger partial charge in [0.15, 0.2) is 17.3 Å². The van der Waals surface area contributed by atoms with E-state index in [1.807, 2.05) is 24.3 Å². The molecule has 4 rings (SSSR count). The summed E-state index contributed by atoms with van der Waals surface area (Å²) >= 11 is 0. The maximum Gasteiger partial charge on any atom is 0.314 e. The van der Waals surface area contributed by atoms with Crippen molar-refractivity contribution in [1.82, 2.24) is 0 Å². The number of benzene rings is 2. The first-order valence-electron chi connectivity index (χ1n) is 9.25. The maximum atomic E-state index is 12.5. The van der Waals surface area contributed by atoms with Crippen LogP contribution in [0.2, 0.25) is 0 Å². The third kappa shape index (κ3) is 3.07. The van der Waals surface area contributed by atoms with Crippen molar-refractivity contribution >= 4 is 11.8 Å². The van der Waals surface area contributed by atoms with Crippen LogP contribution in [0.3, 0.4) is 0 Å². The van der Waals surface area contributed by atoms with E-state index in [-0.39, 0.29) is 17.7 Å². The topological polar surface area (TPSA) is 61.8 Å². The van der Waals surface area contributed by atoms with Crippen LogP contribution in [-0.2, 0) is 11.2 Å². The largest absolute Gasteiger partial charge is 0.493 e. The molecule has 0 N–H and O–H groups in total. The van der Waals surface area contributed by atoms with Crippen molar-refractivity contribution in [3.05, 3.63) is 41.5 Å². The third-order valence-electron chi connectivity index (χ3n) is 5.48. The van der Waals surface area contributed by atoms with Crippen LogP contribution >= 0.6 is 0 Å². The fourth-order valence-electron chi connectivity index (χ4n) is 3.68. The van der Waals surface area contributed by atoms with Gasteiger partial charge in [0, 0.05) is 17.5 Å². The number of hydrogen-bond acceptors (Lipinski definition) is 5. The normalized spacial score (nSPS) is 15.9. The summed E-state index contributed by atoms with van der Waals surface area (Å²) in [6, 6.07) is 9.41. The van der Waals surface area contributed by atoms with Crippen LogP contribution in [0.25, 0.3) is 11.1 Å². The molecule has 1 saturated carbocycles. The molecule has 2 aliphatic carbocycles. The number of ether oxygens (including phenoxy) is 3. The van der Waals surface area contributed by atoms with Crippen LogP contribution in [0.4, 0.5) is 0 Å². The lowest BCUT2D eigenvalue weighted by Gasteiger charge is -2.24. The Morgan fingerprint density at radius 1 is 0.963 bits per heavy atom. The van der Waals surface area contributed by atoms with Crippen LogP contribution in [0.15, 0.2) is 30.3 Å². The molecular formula is C22H22O5. The van der Waals surface area contributed by atoms with E-state index >= 15 is 0 Å². The van der Waals surface area contributed by atoms with Gasteiger partial charge in [-0.25, -0.2) is 0 Å². The lowest BCUT2D eigenvalue weighted by molar-refractivity contribution is -0.141. The van der Waals surface area contributed by atoms with E-state index < -0.39 is 0 Å². The van der Waals surface area contributed by atoms with Crippen LogP contribution in [0.5, 0.6) is 17.2 Å². The molecular weight excluding hydrogens is 344 g/mol. The molecule has 0 aliphatic heterocycles. The Labute approximate surface area is 158 Å². The molecule has 0 spiro atoms. The van der Waals surface area contributed by atoms with Gasteiger partial charge in [-0.05, 0) is 42.5 Å². The Balaban J connectivity index is 1.79. The van der Waals surface area contributed by atoms with E-state index in [9.17, 15) is 9.59 Å².